The van der Waals surface area contributed by atoms with Gasteiger partial charge in [-0.25, -0.2) is 4.98 Å². The van der Waals surface area contributed by atoms with Crippen LogP contribution in [-0.2, 0) is 11.3 Å². The number of anilines is 1. The summed E-state index contributed by atoms with van der Waals surface area (Å²) in [6.45, 7) is 3.80. The summed E-state index contributed by atoms with van der Waals surface area (Å²) in [4.78, 5) is 8.72. The fourth-order valence-corrected chi connectivity index (χ4v) is 2.31. The largest absolute Gasteiger partial charge is 0.477 e. The third-order valence-electron chi connectivity index (χ3n) is 3.38. The summed E-state index contributed by atoms with van der Waals surface area (Å²) in [6.07, 6.45) is 5.20. The molecule has 0 bridgehead atoms. The first kappa shape index (κ1) is 14.1. The maximum atomic E-state index is 5.81. The monoisotopic (exact) mass is 265 g/mol. The lowest BCUT2D eigenvalue weighted by Gasteiger charge is -2.12. The molecule has 1 heterocycles. The number of nitrogens with one attached hydrogen (secondary N) is 1. The summed E-state index contributed by atoms with van der Waals surface area (Å²) in [5.74, 6) is 2.76. The molecule has 2 rings (SSSR count). The van der Waals surface area contributed by atoms with E-state index in [1.54, 1.807) is 0 Å². The fraction of sp³-hybridized carbons (Fsp3) is 0.714. The van der Waals surface area contributed by atoms with Gasteiger partial charge in [0.25, 0.3) is 0 Å². The molecular weight excluding hydrogens is 242 g/mol. The van der Waals surface area contributed by atoms with Gasteiger partial charge in [-0.05, 0) is 25.7 Å². The normalized spacial score (nSPS) is 15.7. The summed E-state index contributed by atoms with van der Waals surface area (Å²) >= 11 is 0. The van der Waals surface area contributed by atoms with Gasteiger partial charge >= 0.3 is 0 Å². The maximum Gasteiger partial charge on any atom is 0.218 e. The number of ether oxygens (including phenoxy) is 2. The molecule has 0 atom stereocenters. The lowest BCUT2D eigenvalue weighted by molar-refractivity contribution is 0.127. The van der Waals surface area contributed by atoms with Crippen LogP contribution in [0.15, 0.2) is 6.07 Å². The molecule has 5 heteroatoms. The second-order valence-electron chi connectivity index (χ2n) is 4.86. The fourth-order valence-electron chi connectivity index (χ4n) is 2.31. The van der Waals surface area contributed by atoms with Gasteiger partial charge in [0.05, 0.1) is 6.61 Å². The smallest absolute Gasteiger partial charge is 0.218 e. The Morgan fingerprint density at radius 2 is 2.11 bits per heavy atom. The maximum absolute atomic E-state index is 5.81. The number of nitrogens with zero attached hydrogens (tertiary/aromatic N) is 2. The third-order valence-corrected chi connectivity index (χ3v) is 3.38. The second kappa shape index (κ2) is 7.28. The highest BCUT2D eigenvalue weighted by Gasteiger charge is 2.16. The Labute approximate surface area is 114 Å². The lowest BCUT2D eigenvalue weighted by Crippen LogP contribution is -2.11. The van der Waals surface area contributed by atoms with Crippen molar-refractivity contribution < 1.29 is 9.47 Å². The Bertz CT molecular complexity index is 392. The quantitative estimate of drug-likeness (QED) is 0.821. The van der Waals surface area contributed by atoms with Crippen molar-refractivity contribution in [1.29, 1.82) is 0 Å². The average Bonchev–Trinajstić information content (AvgIpc) is 2.96. The van der Waals surface area contributed by atoms with E-state index in [1.165, 1.54) is 25.7 Å². The molecule has 1 aliphatic carbocycles. The van der Waals surface area contributed by atoms with Gasteiger partial charge in [0.2, 0.25) is 5.88 Å². The molecule has 0 radical (unpaired) electrons. The molecule has 5 nitrogen and oxygen atoms in total. The van der Waals surface area contributed by atoms with Crippen LogP contribution in [0.25, 0.3) is 0 Å². The van der Waals surface area contributed by atoms with Crippen LogP contribution < -0.4 is 10.1 Å². The summed E-state index contributed by atoms with van der Waals surface area (Å²) in [7, 11) is 1.84. The van der Waals surface area contributed by atoms with Gasteiger partial charge in [0.15, 0.2) is 5.82 Å². The van der Waals surface area contributed by atoms with Gasteiger partial charge in [-0.1, -0.05) is 12.8 Å². The van der Waals surface area contributed by atoms with Crippen LogP contribution in [0.5, 0.6) is 5.88 Å². The SMILES string of the molecule is CCOCc1nc(NC)cc(OCC2CCCC2)n1. The van der Waals surface area contributed by atoms with Crippen LogP contribution in [0.4, 0.5) is 5.82 Å². The van der Waals surface area contributed by atoms with E-state index in [9.17, 15) is 0 Å². The molecule has 0 unspecified atom stereocenters. The van der Waals surface area contributed by atoms with Crippen molar-refractivity contribution in [2.24, 2.45) is 5.92 Å². The Hall–Kier alpha value is -1.36. The van der Waals surface area contributed by atoms with Crippen molar-refractivity contribution in [3.8, 4) is 5.88 Å². The summed E-state index contributed by atoms with van der Waals surface area (Å²) in [5.41, 5.74) is 0. The number of aromatic nitrogens is 2. The van der Waals surface area contributed by atoms with E-state index in [0.29, 0.717) is 30.8 Å². The Morgan fingerprint density at radius 1 is 1.32 bits per heavy atom. The van der Waals surface area contributed by atoms with Crippen LogP contribution >= 0.6 is 0 Å². The molecule has 0 amide bonds. The molecule has 1 N–H and O–H groups in total. The van der Waals surface area contributed by atoms with Crippen LogP contribution in [-0.4, -0.2) is 30.2 Å². The van der Waals surface area contributed by atoms with E-state index in [2.05, 4.69) is 15.3 Å². The average molecular weight is 265 g/mol. The van der Waals surface area contributed by atoms with Crippen LogP contribution in [0, 0.1) is 5.92 Å². The van der Waals surface area contributed by atoms with Gasteiger partial charge in [0.1, 0.15) is 12.4 Å². The van der Waals surface area contributed by atoms with E-state index in [1.807, 2.05) is 20.0 Å². The highest BCUT2D eigenvalue weighted by molar-refractivity contribution is 5.37. The molecule has 19 heavy (non-hydrogen) atoms. The minimum absolute atomic E-state index is 0.422. The van der Waals surface area contributed by atoms with Crippen molar-refractivity contribution in [1.82, 2.24) is 9.97 Å². The molecule has 1 aliphatic rings. The van der Waals surface area contributed by atoms with Crippen LogP contribution in [0.1, 0.15) is 38.4 Å². The van der Waals surface area contributed by atoms with E-state index in [0.717, 1.165) is 12.4 Å². The van der Waals surface area contributed by atoms with Crippen molar-refractivity contribution in [3.63, 3.8) is 0 Å². The Balaban J connectivity index is 1.96. The minimum Gasteiger partial charge on any atom is -0.477 e. The molecule has 1 aromatic heterocycles. The molecule has 1 saturated carbocycles. The number of rotatable bonds is 7. The van der Waals surface area contributed by atoms with Crippen LogP contribution in [0.2, 0.25) is 0 Å². The number of hydrogen-bond acceptors (Lipinski definition) is 5. The van der Waals surface area contributed by atoms with Gasteiger partial charge < -0.3 is 14.8 Å². The molecule has 1 aromatic rings. The first-order valence-electron chi connectivity index (χ1n) is 7.08. The first-order valence-corrected chi connectivity index (χ1v) is 7.08. The lowest BCUT2D eigenvalue weighted by atomic mass is 10.1. The summed E-state index contributed by atoms with van der Waals surface area (Å²) in [5, 5.41) is 3.03. The van der Waals surface area contributed by atoms with E-state index < -0.39 is 0 Å². The topological polar surface area (TPSA) is 56.3 Å². The zero-order valence-electron chi connectivity index (χ0n) is 11.8. The first-order chi connectivity index (χ1) is 9.31. The summed E-state index contributed by atoms with van der Waals surface area (Å²) in [6, 6.07) is 1.84. The molecule has 0 aliphatic heterocycles. The number of hydrogen-bond donors (Lipinski definition) is 1. The zero-order valence-corrected chi connectivity index (χ0v) is 11.8. The molecular formula is C14H23N3O2. The minimum atomic E-state index is 0.422. The van der Waals surface area contributed by atoms with Gasteiger partial charge in [-0.2, -0.15) is 4.98 Å². The Morgan fingerprint density at radius 3 is 2.79 bits per heavy atom. The highest BCUT2D eigenvalue weighted by atomic mass is 16.5. The predicted octanol–water partition coefficient (Wildman–Crippen LogP) is 2.62. The van der Waals surface area contributed by atoms with Gasteiger partial charge in [0, 0.05) is 19.7 Å². The molecule has 0 spiro atoms. The van der Waals surface area contributed by atoms with Gasteiger partial charge in [-0.15, -0.1) is 0 Å². The van der Waals surface area contributed by atoms with Crippen LogP contribution in [0.3, 0.4) is 0 Å². The predicted molar refractivity (Wildman–Crippen MR) is 74.4 cm³/mol. The third kappa shape index (κ3) is 4.35. The van der Waals surface area contributed by atoms with Crippen molar-refractivity contribution in [3.05, 3.63) is 11.9 Å². The van der Waals surface area contributed by atoms with Crippen molar-refractivity contribution in [2.75, 3.05) is 25.6 Å². The Kier molecular flexibility index (Phi) is 5.39. The van der Waals surface area contributed by atoms with Gasteiger partial charge in [-0.3, -0.25) is 0 Å². The molecule has 0 saturated heterocycles. The molecule has 1 fully saturated rings. The highest BCUT2D eigenvalue weighted by Crippen LogP contribution is 2.25. The van der Waals surface area contributed by atoms with Crippen molar-refractivity contribution >= 4 is 5.82 Å². The summed E-state index contributed by atoms with van der Waals surface area (Å²) < 4.78 is 11.2. The van der Waals surface area contributed by atoms with Crippen molar-refractivity contribution in [2.45, 2.75) is 39.2 Å². The molecule has 106 valence electrons. The zero-order chi connectivity index (χ0) is 13.5. The van der Waals surface area contributed by atoms with E-state index in [-0.39, 0.29) is 0 Å². The standard InChI is InChI=1S/C14H23N3O2/c1-3-18-10-13-16-12(15-2)8-14(17-13)19-9-11-6-4-5-7-11/h8,11H,3-7,9-10H2,1-2H3,(H,15,16,17). The molecule has 0 aromatic carbocycles. The second-order valence-corrected chi connectivity index (χ2v) is 4.86. The van der Waals surface area contributed by atoms with E-state index in [4.69, 9.17) is 9.47 Å². The van der Waals surface area contributed by atoms with E-state index >= 15 is 0 Å².